The molecule has 1 fully saturated rings. The van der Waals surface area contributed by atoms with Gasteiger partial charge in [0.1, 0.15) is 17.2 Å². The number of nitrogens with one attached hydrogen (secondary N) is 1. The quantitative estimate of drug-likeness (QED) is 0.696. The molecule has 0 unspecified atom stereocenters. The molecule has 2 aromatic rings. The smallest absolute Gasteiger partial charge is 0.230 e. The van der Waals surface area contributed by atoms with Crippen LogP contribution in [0.2, 0.25) is 0 Å². The summed E-state index contributed by atoms with van der Waals surface area (Å²) in [7, 11) is 3.69. The zero-order valence-electron chi connectivity index (χ0n) is 18.3. The van der Waals surface area contributed by atoms with E-state index in [1.807, 2.05) is 7.05 Å². The molecule has 2 atom stereocenters. The number of methoxy groups -OCH3 is 1. The number of ether oxygens (including phenoxy) is 2. The van der Waals surface area contributed by atoms with Crippen molar-refractivity contribution in [3.8, 4) is 5.75 Å². The predicted molar refractivity (Wildman–Crippen MR) is 117 cm³/mol. The lowest BCUT2D eigenvalue weighted by atomic mass is 9.95. The van der Waals surface area contributed by atoms with Crippen LogP contribution < -0.4 is 15.0 Å². The first-order valence-corrected chi connectivity index (χ1v) is 11.1. The molecule has 0 saturated carbocycles. The number of carbonyl (C=O) groups excluding carboxylic acids is 1. The minimum absolute atomic E-state index is 0.233. The molecule has 10 heteroatoms. The topological polar surface area (TPSA) is 79.8 Å². The normalized spacial score (nSPS) is 22.5. The number of fused-ring (bicyclic) bond motifs is 1. The molecule has 2 aromatic heterocycles. The summed E-state index contributed by atoms with van der Waals surface area (Å²) in [5, 5.41) is 2.85. The van der Waals surface area contributed by atoms with E-state index in [2.05, 4.69) is 38.1 Å². The van der Waals surface area contributed by atoms with Crippen LogP contribution in [0, 0.1) is 5.95 Å². The molecule has 2 aliphatic rings. The monoisotopic (exact) mass is 449 g/mol. The third kappa shape index (κ3) is 4.65. The van der Waals surface area contributed by atoms with Gasteiger partial charge in [-0.25, -0.2) is 4.98 Å². The molecule has 1 spiro atoms. The van der Waals surface area contributed by atoms with Crippen molar-refractivity contribution in [2.75, 3.05) is 44.1 Å². The molecule has 0 aliphatic carbocycles. The van der Waals surface area contributed by atoms with Gasteiger partial charge in [0.25, 0.3) is 0 Å². The van der Waals surface area contributed by atoms with Crippen molar-refractivity contribution in [2.45, 2.75) is 44.9 Å². The molecule has 4 heterocycles. The number of anilines is 2. The fourth-order valence-corrected chi connectivity index (χ4v) is 5.27. The standard InChI is InChI=1S/C21H28FN5O3S/c1-13-8-21(12-27(13)11-17-19(22)25-20(31-17)24-14(2)28)9-15-7-18(23-10-16(15)30-21)26(3)5-6-29-4/h7,10,13H,5-6,8-9,11-12H2,1-4H3,(H,24,25,28)/t13-,21-/m0/s1. The summed E-state index contributed by atoms with van der Waals surface area (Å²) in [4.78, 5) is 24.4. The van der Waals surface area contributed by atoms with E-state index in [0.29, 0.717) is 29.7 Å². The number of amides is 1. The highest BCUT2D eigenvalue weighted by atomic mass is 32.1. The number of hydrogen-bond acceptors (Lipinski definition) is 8. The first-order valence-electron chi connectivity index (χ1n) is 10.3. The number of aromatic nitrogens is 2. The number of nitrogens with zero attached hydrogens (tertiary/aromatic N) is 4. The van der Waals surface area contributed by atoms with Crippen LogP contribution in [0.4, 0.5) is 15.3 Å². The Morgan fingerprint density at radius 3 is 3.10 bits per heavy atom. The van der Waals surface area contributed by atoms with Gasteiger partial charge in [-0.1, -0.05) is 11.3 Å². The second-order valence-corrected chi connectivity index (χ2v) is 9.48. The van der Waals surface area contributed by atoms with E-state index in [9.17, 15) is 9.18 Å². The van der Waals surface area contributed by atoms with Crippen LogP contribution in [0.1, 0.15) is 30.7 Å². The number of carbonyl (C=O) groups is 1. The first kappa shape index (κ1) is 21.9. The van der Waals surface area contributed by atoms with Crippen molar-refractivity contribution in [3.63, 3.8) is 0 Å². The molecule has 4 rings (SSSR count). The van der Waals surface area contributed by atoms with E-state index in [0.717, 1.165) is 36.5 Å². The van der Waals surface area contributed by atoms with Gasteiger partial charge >= 0.3 is 0 Å². The van der Waals surface area contributed by atoms with Gasteiger partial charge in [0.15, 0.2) is 5.13 Å². The molecule has 8 nitrogen and oxygen atoms in total. The number of halogens is 1. The summed E-state index contributed by atoms with van der Waals surface area (Å²) in [6.45, 7) is 6.06. The van der Waals surface area contributed by atoms with Crippen LogP contribution >= 0.6 is 11.3 Å². The van der Waals surface area contributed by atoms with Crippen molar-refractivity contribution in [1.29, 1.82) is 0 Å². The van der Waals surface area contributed by atoms with Crippen molar-refractivity contribution in [1.82, 2.24) is 14.9 Å². The minimum Gasteiger partial charge on any atom is -0.484 e. The molecule has 1 N–H and O–H groups in total. The maximum atomic E-state index is 14.3. The Morgan fingerprint density at radius 2 is 2.35 bits per heavy atom. The number of likely N-dealkylation sites (tertiary alicyclic amines) is 1. The van der Waals surface area contributed by atoms with Gasteiger partial charge in [-0.05, 0) is 13.0 Å². The molecule has 31 heavy (non-hydrogen) atoms. The average molecular weight is 450 g/mol. The number of likely N-dealkylation sites (N-methyl/N-ethyl adjacent to an activating group) is 1. The lowest BCUT2D eigenvalue weighted by Crippen LogP contribution is -2.37. The zero-order valence-corrected chi connectivity index (χ0v) is 19.1. The van der Waals surface area contributed by atoms with E-state index in [1.54, 1.807) is 13.3 Å². The fourth-order valence-electron chi connectivity index (χ4n) is 4.36. The molecule has 2 aliphatic heterocycles. The molecule has 0 bridgehead atoms. The van der Waals surface area contributed by atoms with Gasteiger partial charge < -0.3 is 19.7 Å². The molecular formula is C21H28FN5O3S. The Kier molecular flexibility index (Phi) is 6.14. The van der Waals surface area contributed by atoms with Crippen LogP contribution in [-0.4, -0.2) is 66.3 Å². The van der Waals surface area contributed by atoms with E-state index >= 15 is 0 Å². The second-order valence-electron chi connectivity index (χ2n) is 8.40. The van der Waals surface area contributed by atoms with Gasteiger partial charge in [-0.3, -0.25) is 9.69 Å². The van der Waals surface area contributed by atoms with Gasteiger partial charge in [-0.15, -0.1) is 0 Å². The Labute approximate surface area is 185 Å². The lowest BCUT2D eigenvalue weighted by Gasteiger charge is -2.23. The van der Waals surface area contributed by atoms with Crippen molar-refractivity contribution in [3.05, 3.63) is 28.7 Å². The van der Waals surface area contributed by atoms with Crippen molar-refractivity contribution in [2.24, 2.45) is 0 Å². The zero-order chi connectivity index (χ0) is 22.2. The summed E-state index contributed by atoms with van der Waals surface area (Å²) in [5.41, 5.74) is 0.828. The highest BCUT2D eigenvalue weighted by Crippen LogP contribution is 2.43. The lowest BCUT2D eigenvalue weighted by molar-refractivity contribution is -0.114. The number of pyridine rings is 1. The van der Waals surface area contributed by atoms with Gasteiger partial charge in [0.2, 0.25) is 11.9 Å². The average Bonchev–Trinajstić information content (AvgIpc) is 3.33. The fraction of sp³-hybridized carbons (Fsp3) is 0.571. The molecule has 1 saturated heterocycles. The van der Waals surface area contributed by atoms with Crippen molar-refractivity contribution >= 4 is 28.2 Å². The van der Waals surface area contributed by atoms with Crippen LogP contribution in [0.3, 0.4) is 0 Å². The predicted octanol–water partition coefficient (Wildman–Crippen LogP) is 2.69. The highest BCUT2D eigenvalue weighted by Gasteiger charge is 2.48. The molecule has 1 amide bonds. The van der Waals surface area contributed by atoms with Crippen LogP contribution in [0.5, 0.6) is 5.75 Å². The Balaban J connectivity index is 1.44. The third-order valence-corrected chi connectivity index (χ3v) is 6.79. The summed E-state index contributed by atoms with van der Waals surface area (Å²) in [5.74, 6) is 0.948. The van der Waals surface area contributed by atoms with Gasteiger partial charge in [0.05, 0.1) is 17.7 Å². The molecule has 168 valence electrons. The van der Waals surface area contributed by atoms with Gasteiger partial charge in [-0.2, -0.15) is 9.37 Å². The van der Waals surface area contributed by atoms with Crippen molar-refractivity contribution < 1.29 is 18.7 Å². The molecule has 0 radical (unpaired) electrons. The first-order chi connectivity index (χ1) is 14.8. The number of thiazole rings is 1. The summed E-state index contributed by atoms with van der Waals surface area (Å²) < 4.78 is 25.8. The van der Waals surface area contributed by atoms with Crippen LogP contribution in [0.15, 0.2) is 12.3 Å². The maximum absolute atomic E-state index is 14.3. The number of rotatable bonds is 7. The Hall–Kier alpha value is -2.30. The van der Waals surface area contributed by atoms with Gasteiger partial charge in [0, 0.05) is 65.2 Å². The summed E-state index contributed by atoms with van der Waals surface area (Å²) in [6, 6.07) is 2.33. The Morgan fingerprint density at radius 1 is 1.55 bits per heavy atom. The van der Waals surface area contributed by atoms with E-state index in [4.69, 9.17) is 9.47 Å². The maximum Gasteiger partial charge on any atom is 0.230 e. The highest BCUT2D eigenvalue weighted by molar-refractivity contribution is 7.15. The molecular weight excluding hydrogens is 421 g/mol. The molecule has 0 aromatic carbocycles. The Bertz CT molecular complexity index is 970. The third-order valence-electron chi connectivity index (χ3n) is 5.86. The van der Waals surface area contributed by atoms with E-state index in [1.165, 1.54) is 18.3 Å². The summed E-state index contributed by atoms with van der Waals surface area (Å²) >= 11 is 1.18. The number of hydrogen-bond donors (Lipinski definition) is 1. The SMILES string of the molecule is COCCN(C)c1cc2c(cn1)O[C@]1(C2)C[C@H](C)N(Cc2sc(NC(C)=O)nc2F)C1. The van der Waals surface area contributed by atoms with Crippen LogP contribution in [-0.2, 0) is 22.5 Å². The largest absolute Gasteiger partial charge is 0.484 e. The minimum atomic E-state index is -0.523. The second kappa shape index (κ2) is 8.68. The van der Waals surface area contributed by atoms with E-state index in [-0.39, 0.29) is 17.6 Å². The summed E-state index contributed by atoms with van der Waals surface area (Å²) in [6.07, 6.45) is 3.47. The van der Waals surface area contributed by atoms with Crippen LogP contribution in [0.25, 0.3) is 0 Å². The van der Waals surface area contributed by atoms with E-state index < -0.39 is 5.95 Å².